The second-order valence-electron chi connectivity index (χ2n) is 9.52. The number of aromatic nitrogens is 1. The Balaban J connectivity index is 1.74. The average Bonchev–Trinajstić information content (AvgIpc) is 3.60. The maximum Gasteiger partial charge on any atom is 0.270 e. The van der Waals surface area contributed by atoms with Crippen molar-refractivity contribution in [2.24, 2.45) is 5.73 Å². The van der Waals surface area contributed by atoms with E-state index in [-0.39, 0.29) is 28.8 Å². The fraction of sp³-hybridized carbons (Fsp3) is 0.357. The van der Waals surface area contributed by atoms with Gasteiger partial charge in [-0.3, -0.25) is 14.4 Å². The summed E-state index contributed by atoms with van der Waals surface area (Å²) in [7, 11) is 3.06. The Kier molecular flexibility index (Phi) is 9.20. The summed E-state index contributed by atoms with van der Waals surface area (Å²) in [6.45, 7) is 0.0810. The molecule has 10 nitrogen and oxygen atoms in total. The molecule has 1 saturated carbocycles. The molecule has 5 N–H and O–H groups in total. The van der Waals surface area contributed by atoms with Crippen LogP contribution in [0.15, 0.2) is 42.5 Å². The molecule has 12 heteroatoms. The van der Waals surface area contributed by atoms with Crippen molar-refractivity contribution in [3.63, 3.8) is 0 Å². The van der Waals surface area contributed by atoms with Crippen LogP contribution in [0, 0.1) is 5.82 Å². The molecule has 0 aliphatic heterocycles. The van der Waals surface area contributed by atoms with Crippen LogP contribution in [-0.2, 0) is 11.2 Å². The molecule has 1 atom stereocenters. The fourth-order valence-electron chi connectivity index (χ4n) is 4.86. The second kappa shape index (κ2) is 12.8. The summed E-state index contributed by atoms with van der Waals surface area (Å²) in [6, 6.07) is 9.71. The van der Waals surface area contributed by atoms with Gasteiger partial charge in [0.15, 0.2) is 17.2 Å². The second-order valence-corrected chi connectivity index (χ2v) is 10.3. The molecule has 1 aliphatic carbocycles. The molecule has 4 rings (SSSR count). The molecule has 1 fully saturated rings. The first-order valence-corrected chi connectivity index (χ1v) is 13.6. The van der Waals surface area contributed by atoms with Crippen LogP contribution >= 0.6 is 11.5 Å². The molecular weight excluding hydrogens is 537 g/mol. The summed E-state index contributed by atoms with van der Waals surface area (Å²) in [5.41, 5.74) is 12.4. The van der Waals surface area contributed by atoms with E-state index in [0.29, 0.717) is 23.5 Å². The third-order valence-corrected chi connectivity index (χ3v) is 7.80. The Morgan fingerprint density at radius 3 is 2.38 bits per heavy atom. The van der Waals surface area contributed by atoms with Crippen molar-refractivity contribution in [3.8, 4) is 11.5 Å². The van der Waals surface area contributed by atoms with Gasteiger partial charge in [-0.1, -0.05) is 31.0 Å². The van der Waals surface area contributed by atoms with Crippen molar-refractivity contribution in [2.45, 2.75) is 44.2 Å². The molecule has 40 heavy (non-hydrogen) atoms. The van der Waals surface area contributed by atoms with E-state index < -0.39 is 29.6 Å². The number of benzene rings is 2. The number of hydrogen-bond acceptors (Lipinski definition) is 8. The third kappa shape index (κ3) is 6.33. The Labute approximate surface area is 235 Å². The predicted molar refractivity (Wildman–Crippen MR) is 149 cm³/mol. The number of nitrogen functional groups attached to an aromatic ring is 1. The highest BCUT2D eigenvalue weighted by molar-refractivity contribution is 7.09. The Bertz CT molecular complexity index is 1370. The Hall–Kier alpha value is -4.19. The molecule has 0 spiro atoms. The maximum atomic E-state index is 14.0. The summed E-state index contributed by atoms with van der Waals surface area (Å²) < 4.78 is 28.6. The largest absolute Gasteiger partial charge is 0.493 e. The van der Waals surface area contributed by atoms with Gasteiger partial charge in [-0.05, 0) is 66.2 Å². The van der Waals surface area contributed by atoms with Gasteiger partial charge >= 0.3 is 0 Å². The molecule has 212 valence electrons. The number of amides is 3. The monoisotopic (exact) mass is 569 g/mol. The lowest BCUT2D eigenvalue weighted by atomic mass is 10.0. The van der Waals surface area contributed by atoms with Crippen molar-refractivity contribution in [1.82, 2.24) is 14.6 Å². The molecule has 3 amide bonds. The van der Waals surface area contributed by atoms with Gasteiger partial charge in [0, 0.05) is 12.6 Å². The van der Waals surface area contributed by atoms with Crippen molar-refractivity contribution < 1.29 is 28.2 Å². The van der Waals surface area contributed by atoms with E-state index in [9.17, 15) is 18.8 Å². The van der Waals surface area contributed by atoms with E-state index in [1.807, 2.05) is 6.07 Å². The highest BCUT2D eigenvalue weighted by atomic mass is 32.1. The normalized spacial score (nSPS) is 14.0. The number of hydrogen-bond donors (Lipinski definition) is 3. The van der Waals surface area contributed by atoms with Crippen LogP contribution in [0.4, 0.5) is 10.1 Å². The molecule has 0 unspecified atom stereocenters. The van der Waals surface area contributed by atoms with Crippen LogP contribution in [0.5, 0.6) is 11.5 Å². The first-order chi connectivity index (χ1) is 19.2. The number of anilines is 1. The van der Waals surface area contributed by atoms with Crippen LogP contribution in [0.1, 0.15) is 63.0 Å². The lowest BCUT2D eigenvalue weighted by Gasteiger charge is -2.32. The van der Waals surface area contributed by atoms with Gasteiger partial charge in [0.05, 0.1) is 19.9 Å². The van der Waals surface area contributed by atoms with Gasteiger partial charge in [0.1, 0.15) is 16.7 Å². The summed E-state index contributed by atoms with van der Waals surface area (Å²) in [6.07, 6.45) is 4.02. The van der Waals surface area contributed by atoms with Crippen molar-refractivity contribution >= 4 is 34.9 Å². The van der Waals surface area contributed by atoms with E-state index in [4.69, 9.17) is 20.9 Å². The van der Waals surface area contributed by atoms with Crippen molar-refractivity contribution in [1.29, 1.82) is 0 Å². The van der Waals surface area contributed by atoms with Crippen molar-refractivity contribution in [2.75, 3.05) is 26.5 Å². The van der Waals surface area contributed by atoms with E-state index in [1.165, 1.54) is 43.4 Å². The lowest BCUT2D eigenvalue weighted by molar-refractivity contribution is -0.126. The van der Waals surface area contributed by atoms with E-state index in [1.54, 1.807) is 12.1 Å². The number of carbonyl (C=O) groups is 3. The van der Waals surface area contributed by atoms with Gasteiger partial charge in [0.25, 0.3) is 11.8 Å². The molecule has 1 heterocycles. The van der Waals surface area contributed by atoms with Crippen LogP contribution in [0.2, 0.25) is 0 Å². The number of ether oxygens (including phenoxy) is 2. The summed E-state index contributed by atoms with van der Waals surface area (Å²) >= 11 is 0.738. The fourth-order valence-corrected chi connectivity index (χ4v) is 5.62. The van der Waals surface area contributed by atoms with Gasteiger partial charge in [-0.2, -0.15) is 4.37 Å². The number of nitrogens with two attached hydrogens (primary N) is 2. The Morgan fingerprint density at radius 2 is 1.77 bits per heavy atom. The zero-order valence-electron chi connectivity index (χ0n) is 22.3. The zero-order valence-corrected chi connectivity index (χ0v) is 23.1. The molecule has 0 saturated heterocycles. The molecule has 1 aromatic heterocycles. The number of primary amides is 1. The highest BCUT2D eigenvalue weighted by Gasteiger charge is 2.35. The third-order valence-electron chi connectivity index (χ3n) is 6.95. The minimum Gasteiger partial charge on any atom is -0.493 e. The van der Waals surface area contributed by atoms with Crippen LogP contribution in [-0.4, -0.2) is 53.8 Å². The van der Waals surface area contributed by atoms with E-state index in [0.717, 1.165) is 42.8 Å². The van der Waals surface area contributed by atoms with Gasteiger partial charge in [-0.15, -0.1) is 0 Å². The SMILES string of the molecule is COc1ccc(CCN(C(=O)c2snc(C(N)=O)c2N)[C@H](C(=O)NC2CCCC2)c2ccc(F)cc2)cc1OC. The summed E-state index contributed by atoms with van der Waals surface area (Å²) in [5.74, 6) is -1.25. The zero-order chi connectivity index (χ0) is 28.8. The van der Waals surface area contributed by atoms with Crippen LogP contribution < -0.4 is 26.3 Å². The molecule has 0 radical (unpaired) electrons. The topological polar surface area (TPSA) is 150 Å². The first kappa shape index (κ1) is 28.8. The quantitative estimate of drug-likeness (QED) is 0.320. The van der Waals surface area contributed by atoms with E-state index >= 15 is 0 Å². The standard InChI is InChI=1S/C28H32FN5O5S/c1-38-20-12-7-16(15-21(20)39-2)13-14-34(28(37)25-22(30)23(26(31)35)33-40-25)24(17-8-10-18(29)11-9-17)27(36)32-19-5-3-4-6-19/h7-12,15,19,24H,3-6,13-14,30H2,1-2H3,(H2,31,35)(H,32,36)/t24-/m0/s1. The minimum absolute atomic E-state index is 0.0121. The van der Waals surface area contributed by atoms with Crippen LogP contribution in [0.3, 0.4) is 0 Å². The van der Waals surface area contributed by atoms with Crippen LogP contribution in [0.25, 0.3) is 0 Å². The maximum absolute atomic E-state index is 14.0. The molecule has 3 aromatic rings. The van der Waals surface area contributed by atoms with Gasteiger partial charge in [0.2, 0.25) is 5.91 Å². The lowest BCUT2D eigenvalue weighted by Crippen LogP contribution is -2.46. The average molecular weight is 570 g/mol. The number of carbonyl (C=O) groups excluding carboxylic acids is 3. The molecule has 2 aromatic carbocycles. The number of halogens is 1. The Morgan fingerprint density at radius 1 is 1.10 bits per heavy atom. The van der Waals surface area contributed by atoms with E-state index in [2.05, 4.69) is 9.69 Å². The number of nitrogens with one attached hydrogen (secondary N) is 1. The summed E-state index contributed by atoms with van der Waals surface area (Å²) in [5, 5.41) is 3.07. The summed E-state index contributed by atoms with van der Waals surface area (Å²) in [4.78, 5) is 41.0. The smallest absolute Gasteiger partial charge is 0.270 e. The number of rotatable bonds is 11. The molecular formula is C28H32FN5O5S. The molecule has 0 bridgehead atoms. The number of nitrogens with zero attached hydrogens (tertiary/aromatic N) is 2. The number of methoxy groups -OCH3 is 2. The van der Waals surface area contributed by atoms with Gasteiger partial charge < -0.3 is 31.2 Å². The van der Waals surface area contributed by atoms with Crippen molar-refractivity contribution in [3.05, 3.63) is 70.0 Å². The predicted octanol–water partition coefficient (Wildman–Crippen LogP) is 3.47. The first-order valence-electron chi connectivity index (χ1n) is 12.9. The minimum atomic E-state index is -1.10. The highest BCUT2D eigenvalue weighted by Crippen LogP contribution is 2.32. The van der Waals surface area contributed by atoms with Gasteiger partial charge in [-0.25, -0.2) is 4.39 Å². The molecule has 1 aliphatic rings.